The zero-order chi connectivity index (χ0) is 15.3. The summed E-state index contributed by atoms with van der Waals surface area (Å²) in [6, 6.07) is 6.21. The van der Waals surface area contributed by atoms with Crippen molar-refractivity contribution in [1.82, 2.24) is 4.90 Å². The molecule has 112 valence electrons. The van der Waals surface area contributed by atoms with Gasteiger partial charge in [-0.1, -0.05) is 0 Å². The summed E-state index contributed by atoms with van der Waals surface area (Å²) in [4.78, 5) is 13.6. The van der Waals surface area contributed by atoms with Crippen LogP contribution in [-0.4, -0.2) is 50.3 Å². The molecule has 1 aromatic rings. The Labute approximate surface area is 119 Å². The first-order valence-corrected chi connectivity index (χ1v) is 8.09. The lowest BCUT2D eigenvalue weighted by Crippen LogP contribution is -2.29. The highest BCUT2D eigenvalue weighted by Crippen LogP contribution is 2.12. The molecule has 0 spiro atoms. The van der Waals surface area contributed by atoms with Gasteiger partial charge in [0.2, 0.25) is 10.0 Å². The number of amides is 1. The third kappa shape index (κ3) is 5.58. The van der Waals surface area contributed by atoms with Crippen molar-refractivity contribution in [2.45, 2.75) is 19.4 Å². The zero-order valence-electron chi connectivity index (χ0n) is 11.8. The van der Waals surface area contributed by atoms with Crippen LogP contribution in [0.25, 0.3) is 0 Å². The predicted octanol–water partition coefficient (Wildman–Crippen LogP) is 0.901. The van der Waals surface area contributed by atoms with E-state index in [0.717, 1.165) is 6.26 Å². The fourth-order valence-electron chi connectivity index (χ4n) is 1.60. The Morgan fingerprint density at radius 3 is 2.35 bits per heavy atom. The molecule has 0 heterocycles. The maximum Gasteiger partial charge on any atom is 0.253 e. The first-order valence-electron chi connectivity index (χ1n) is 6.20. The molecule has 7 heteroatoms. The van der Waals surface area contributed by atoms with Gasteiger partial charge in [-0.3, -0.25) is 9.52 Å². The molecular weight excluding hydrogens is 280 g/mol. The monoisotopic (exact) mass is 300 g/mol. The highest BCUT2D eigenvalue weighted by molar-refractivity contribution is 7.92. The Balaban J connectivity index is 2.70. The first-order chi connectivity index (χ1) is 9.19. The second kappa shape index (κ2) is 6.71. The van der Waals surface area contributed by atoms with Gasteiger partial charge in [0, 0.05) is 24.8 Å². The largest absolute Gasteiger partial charge is 0.393 e. The second-order valence-corrected chi connectivity index (χ2v) is 6.56. The quantitative estimate of drug-likeness (QED) is 0.817. The molecule has 1 unspecified atom stereocenters. The summed E-state index contributed by atoms with van der Waals surface area (Å²) < 4.78 is 24.5. The number of benzene rings is 1. The number of carbonyl (C=O) groups is 1. The molecule has 0 radical (unpaired) electrons. The summed E-state index contributed by atoms with van der Waals surface area (Å²) in [5.74, 6) is -0.170. The number of nitrogens with one attached hydrogen (secondary N) is 1. The summed E-state index contributed by atoms with van der Waals surface area (Å²) in [6.07, 6.45) is 1.12. The number of sulfonamides is 1. The topological polar surface area (TPSA) is 86.7 Å². The lowest BCUT2D eigenvalue weighted by Gasteiger charge is -2.18. The average molecular weight is 300 g/mol. The standard InChI is InChI=1S/C13H20N2O4S/c1-10(16)8-9-15(2)13(17)11-4-6-12(7-5-11)14-20(3,18)19/h4-7,10,14,16H,8-9H2,1-3H3. The van der Waals surface area contributed by atoms with Crippen LogP contribution in [0.2, 0.25) is 0 Å². The molecule has 0 aliphatic heterocycles. The number of hydrogen-bond donors (Lipinski definition) is 2. The summed E-state index contributed by atoms with van der Waals surface area (Å²) in [7, 11) is -1.66. The average Bonchev–Trinajstić information content (AvgIpc) is 2.34. The van der Waals surface area contributed by atoms with Crippen LogP contribution < -0.4 is 4.72 Å². The Kier molecular flexibility index (Phi) is 5.52. The van der Waals surface area contributed by atoms with E-state index >= 15 is 0 Å². The third-order valence-corrected chi connectivity index (χ3v) is 3.27. The lowest BCUT2D eigenvalue weighted by atomic mass is 10.2. The molecule has 1 atom stereocenters. The SMILES string of the molecule is CC(O)CCN(C)C(=O)c1ccc(NS(C)(=O)=O)cc1. The van der Waals surface area contributed by atoms with Crippen molar-refractivity contribution in [3.63, 3.8) is 0 Å². The van der Waals surface area contributed by atoms with Crippen molar-refractivity contribution in [3.05, 3.63) is 29.8 Å². The predicted molar refractivity (Wildman–Crippen MR) is 78.2 cm³/mol. The van der Waals surface area contributed by atoms with Crippen molar-refractivity contribution >= 4 is 21.6 Å². The molecule has 1 aromatic carbocycles. The third-order valence-electron chi connectivity index (χ3n) is 2.66. The minimum atomic E-state index is -3.32. The van der Waals surface area contributed by atoms with Crippen molar-refractivity contribution < 1.29 is 18.3 Å². The van der Waals surface area contributed by atoms with Gasteiger partial charge in [0.05, 0.1) is 12.4 Å². The number of aliphatic hydroxyl groups is 1. The Morgan fingerprint density at radius 1 is 1.35 bits per heavy atom. The summed E-state index contributed by atoms with van der Waals surface area (Å²) in [5, 5.41) is 9.20. The molecule has 0 aromatic heterocycles. The molecule has 0 saturated carbocycles. The number of carbonyl (C=O) groups excluding carboxylic acids is 1. The van der Waals surface area contributed by atoms with Gasteiger partial charge < -0.3 is 10.0 Å². The number of aliphatic hydroxyl groups excluding tert-OH is 1. The normalized spacial score (nSPS) is 12.8. The van der Waals surface area contributed by atoms with Crippen molar-refractivity contribution in [1.29, 1.82) is 0 Å². The van der Waals surface area contributed by atoms with Gasteiger partial charge in [0.1, 0.15) is 0 Å². The van der Waals surface area contributed by atoms with E-state index in [0.29, 0.717) is 24.2 Å². The van der Waals surface area contributed by atoms with E-state index in [4.69, 9.17) is 0 Å². The van der Waals surface area contributed by atoms with Crippen LogP contribution in [0.4, 0.5) is 5.69 Å². The Bertz CT molecular complexity index is 552. The minimum absolute atomic E-state index is 0.170. The Hall–Kier alpha value is -1.60. The highest BCUT2D eigenvalue weighted by Gasteiger charge is 2.12. The van der Waals surface area contributed by atoms with Gasteiger partial charge in [0.25, 0.3) is 5.91 Å². The van der Waals surface area contributed by atoms with E-state index in [1.165, 1.54) is 17.0 Å². The second-order valence-electron chi connectivity index (χ2n) is 4.82. The number of hydrogen-bond acceptors (Lipinski definition) is 4. The zero-order valence-corrected chi connectivity index (χ0v) is 12.6. The smallest absolute Gasteiger partial charge is 0.253 e. The maximum atomic E-state index is 12.1. The molecule has 1 amide bonds. The van der Waals surface area contributed by atoms with E-state index in [9.17, 15) is 18.3 Å². The molecule has 1 rings (SSSR count). The summed E-state index contributed by atoms with van der Waals surface area (Å²) in [5.41, 5.74) is 0.882. The van der Waals surface area contributed by atoms with Crippen LogP contribution in [0.5, 0.6) is 0 Å². The van der Waals surface area contributed by atoms with Crippen molar-refractivity contribution in [3.8, 4) is 0 Å². The Morgan fingerprint density at radius 2 is 1.90 bits per heavy atom. The molecule has 0 aliphatic rings. The minimum Gasteiger partial charge on any atom is -0.393 e. The summed E-state index contributed by atoms with van der Waals surface area (Å²) >= 11 is 0. The van der Waals surface area contributed by atoms with Crippen LogP contribution in [0.1, 0.15) is 23.7 Å². The number of anilines is 1. The van der Waals surface area contributed by atoms with Crippen molar-refractivity contribution in [2.24, 2.45) is 0 Å². The van der Waals surface area contributed by atoms with E-state index in [1.807, 2.05) is 0 Å². The van der Waals surface area contributed by atoms with Crippen LogP contribution in [0, 0.1) is 0 Å². The molecule has 0 aliphatic carbocycles. The van der Waals surface area contributed by atoms with E-state index in [1.54, 1.807) is 26.1 Å². The van der Waals surface area contributed by atoms with E-state index in [2.05, 4.69) is 4.72 Å². The molecule has 0 bridgehead atoms. The number of rotatable bonds is 6. The fourth-order valence-corrected chi connectivity index (χ4v) is 2.16. The van der Waals surface area contributed by atoms with Crippen LogP contribution >= 0.6 is 0 Å². The summed E-state index contributed by atoms with van der Waals surface area (Å²) in [6.45, 7) is 2.13. The lowest BCUT2D eigenvalue weighted by molar-refractivity contribution is 0.0769. The molecule has 2 N–H and O–H groups in total. The van der Waals surface area contributed by atoms with Gasteiger partial charge in [-0.05, 0) is 37.6 Å². The number of nitrogens with zero attached hydrogens (tertiary/aromatic N) is 1. The molecule has 6 nitrogen and oxygen atoms in total. The van der Waals surface area contributed by atoms with Gasteiger partial charge in [-0.2, -0.15) is 0 Å². The van der Waals surface area contributed by atoms with Gasteiger partial charge in [-0.25, -0.2) is 8.42 Å². The molecular formula is C13H20N2O4S. The van der Waals surface area contributed by atoms with Crippen LogP contribution in [0.15, 0.2) is 24.3 Å². The first kappa shape index (κ1) is 16.5. The maximum absolute atomic E-state index is 12.1. The molecule has 20 heavy (non-hydrogen) atoms. The molecule has 0 fully saturated rings. The highest BCUT2D eigenvalue weighted by atomic mass is 32.2. The van der Waals surface area contributed by atoms with Gasteiger partial charge in [0.15, 0.2) is 0 Å². The van der Waals surface area contributed by atoms with Gasteiger partial charge >= 0.3 is 0 Å². The van der Waals surface area contributed by atoms with Crippen LogP contribution in [0.3, 0.4) is 0 Å². The molecule has 0 saturated heterocycles. The fraction of sp³-hybridized carbons (Fsp3) is 0.462. The van der Waals surface area contributed by atoms with Crippen LogP contribution in [-0.2, 0) is 10.0 Å². The van der Waals surface area contributed by atoms with Crippen molar-refractivity contribution in [2.75, 3.05) is 24.6 Å². The van der Waals surface area contributed by atoms with Gasteiger partial charge in [-0.15, -0.1) is 0 Å². The van der Waals surface area contributed by atoms with E-state index in [-0.39, 0.29) is 5.91 Å². The van der Waals surface area contributed by atoms with E-state index < -0.39 is 16.1 Å².